The van der Waals surface area contributed by atoms with Gasteiger partial charge >= 0.3 is 15.2 Å². The van der Waals surface area contributed by atoms with Crippen molar-refractivity contribution in [3.8, 4) is 0 Å². The molecule has 0 aromatic carbocycles. The first-order valence-electron chi connectivity index (χ1n) is 2.29. The van der Waals surface area contributed by atoms with Crippen LogP contribution in [0, 0.1) is 0 Å². The van der Waals surface area contributed by atoms with Crippen molar-refractivity contribution in [2.75, 3.05) is 7.11 Å². The molecule has 3 N–H and O–H groups in total. The van der Waals surface area contributed by atoms with E-state index >= 15 is 0 Å². The summed E-state index contributed by atoms with van der Waals surface area (Å²) >= 11 is 4.95. The minimum Gasteiger partial charge on any atom is -0.323 e. The Hall–Kier alpha value is 0.590. The molecule has 0 heterocycles. The first-order valence-corrected chi connectivity index (χ1v) is 6.06. The van der Waals surface area contributed by atoms with Crippen molar-refractivity contribution in [3.63, 3.8) is 0 Å². The van der Waals surface area contributed by atoms with Crippen LogP contribution in [0.1, 0.15) is 0 Å². The first-order chi connectivity index (χ1) is 4.72. The Kier molecular flexibility index (Phi) is 3.73. The van der Waals surface area contributed by atoms with Gasteiger partial charge in [-0.2, -0.15) is 0 Å². The molecule has 0 bridgehead atoms. The molecule has 0 amide bonds. The van der Waals surface area contributed by atoms with Gasteiger partial charge in [0.25, 0.3) is 0 Å². The Morgan fingerprint density at radius 1 is 1.36 bits per heavy atom. The number of hydrogen-bond donors (Lipinski definition) is 3. The van der Waals surface area contributed by atoms with E-state index < -0.39 is 20.1 Å². The summed E-state index contributed by atoms with van der Waals surface area (Å²) in [7, 11) is -8.31. The predicted octanol–water partition coefficient (Wildman–Crippen LogP) is 0.518. The summed E-state index contributed by atoms with van der Waals surface area (Å²) in [5.41, 5.74) is 0. The molecule has 0 spiro atoms. The molecule has 11 heavy (non-hydrogen) atoms. The average Bonchev–Trinajstić information content (AvgIpc) is 1.84. The highest BCUT2D eigenvalue weighted by atomic mass is 35.5. The largest absolute Gasteiger partial charge is 0.357 e. The fourth-order valence-electron chi connectivity index (χ4n) is 0.277. The van der Waals surface area contributed by atoms with E-state index in [-0.39, 0.29) is 0 Å². The maximum atomic E-state index is 10.6. The maximum absolute atomic E-state index is 10.6. The van der Waals surface area contributed by atoms with Crippen molar-refractivity contribution in [1.82, 2.24) is 0 Å². The summed E-state index contributed by atoms with van der Waals surface area (Å²) in [5.74, 6) is 0. The fourth-order valence-corrected chi connectivity index (χ4v) is 2.49. The standard InChI is InChI=1S/C2H7ClO6P2/c1-9-11(7,8)2(3)10(4,5)6/h2H,1H3,(H,7,8)(H2,4,5,6). The van der Waals surface area contributed by atoms with E-state index in [9.17, 15) is 9.13 Å². The Labute approximate surface area is 67.8 Å². The molecule has 6 nitrogen and oxygen atoms in total. The second kappa shape index (κ2) is 3.54. The third-order valence-corrected chi connectivity index (χ3v) is 5.71. The molecule has 0 fully saturated rings. The third kappa shape index (κ3) is 3.22. The normalized spacial score (nSPS) is 20.8. The zero-order chi connectivity index (χ0) is 9.28. The van der Waals surface area contributed by atoms with Crippen LogP contribution in [0.4, 0.5) is 0 Å². The lowest BCUT2D eigenvalue weighted by Crippen LogP contribution is -2.02. The lowest BCUT2D eigenvalue weighted by atomic mass is 11.8. The molecule has 9 heteroatoms. The van der Waals surface area contributed by atoms with Crippen LogP contribution in [0.2, 0.25) is 0 Å². The highest BCUT2D eigenvalue weighted by molar-refractivity contribution is 7.74. The molecule has 0 saturated heterocycles. The number of rotatable bonds is 3. The van der Waals surface area contributed by atoms with Gasteiger partial charge in [-0.1, -0.05) is 11.6 Å². The van der Waals surface area contributed by atoms with Crippen molar-refractivity contribution >= 4 is 26.8 Å². The molecule has 0 aromatic rings. The number of halogens is 1. The molecule has 2 unspecified atom stereocenters. The Morgan fingerprint density at radius 3 is 1.82 bits per heavy atom. The van der Waals surface area contributed by atoms with Gasteiger partial charge in [-0.3, -0.25) is 9.13 Å². The highest BCUT2D eigenvalue weighted by Crippen LogP contribution is 2.64. The topological polar surface area (TPSA) is 104 Å². The first kappa shape index (κ1) is 11.6. The fraction of sp³-hybridized carbons (Fsp3) is 1.00. The summed E-state index contributed by atoms with van der Waals surface area (Å²) in [6, 6.07) is 0. The van der Waals surface area contributed by atoms with E-state index in [2.05, 4.69) is 4.52 Å². The van der Waals surface area contributed by atoms with E-state index in [1.54, 1.807) is 0 Å². The summed E-state index contributed by atoms with van der Waals surface area (Å²) in [5, 5.41) is 0. The molecule has 0 aromatic heterocycles. The number of alkyl halides is 1. The molecule has 2 atom stereocenters. The number of hydrogen-bond acceptors (Lipinski definition) is 3. The second-order valence-electron chi connectivity index (χ2n) is 1.65. The maximum Gasteiger partial charge on any atom is 0.357 e. The Morgan fingerprint density at radius 2 is 1.73 bits per heavy atom. The smallest absolute Gasteiger partial charge is 0.323 e. The Bertz CT molecular complexity index is 221. The van der Waals surface area contributed by atoms with Crippen LogP contribution in [0.3, 0.4) is 0 Å². The van der Waals surface area contributed by atoms with Gasteiger partial charge in [0, 0.05) is 7.11 Å². The zero-order valence-corrected chi connectivity index (χ0v) is 7.96. The summed E-state index contributed by atoms with van der Waals surface area (Å²) in [6.07, 6.45) is 0. The molecular formula is C2H7ClO6P2. The lowest BCUT2D eigenvalue weighted by molar-refractivity contribution is 0.310. The van der Waals surface area contributed by atoms with Crippen molar-refractivity contribution in [3.05, 3.63) is 0 Å². The molecular weight excluding hydrogens is 217 g/mol. The van der Waals surface area contributed by atoms with E-state index in [0.29, 0.717) is 0 Å². The van der Waals surface area contributed by atoms with Crippen molar-refractivity contribution in [1.29, 1.82) is 0 Å². The average molecular weight is 224 g/mol. The van der Waals surface area contributed by atoms with Gasteiger partial charge in [-0.25, -0.2) is 0 Å². The highest BCUT2D eigenvalue weighted by Gasteiger charge is 2.43. The van der Waals surface area contributed by atoms with Crippen molar-refractivity contribution in [2.45, 2.75) is 4.86 Å². The molecule has 0 aliphatic carbocycles. The minimum atomic E-state index is -4.77. The molecule has 0 radical (unpaired) electrons. The van der Waals surface area contributed by atoms with Crippen LogP contribution in [0.15, 0.2) is 0 Å². The van der Waals surface area contributed by atoms with Crippen LogP contribution in [-0.2, 0) is 13.7 Å². The van der Waals surface area contributed by atoms with Gasteiger partial charge in [0.1, 0.15) is 0 Å². The van der Waals surface area contributed by atoms with Crippen LogP contribution in [0.25, 0.3) is 0 Å². The van der Waals surface area contributed by atoms with E-state index in [1.807, 2.05) is 0 Å². The van der Waals surface area contributed by atoms with Crippen LogP contribution in [0.5, 0.6) is 0 Å². The second-order valence-corrected chi connectivity index (χ2v) is 6.80. The molecule has 68 valence electrons. The zero-order valence-electron chi connectivity index (χ0n) is 5.42. The van der Waals surface area contributed by atoms with E-state index in [1.165, 1.54) is 0 Å². The van der Waals surface area contributed by atoms with Gasteiger partial charge in [-0.15, -0.1) is 0 Å². The minimum absolute atomic E-state index is 0.839. The molecule has 0 aliphatic rings. The van der Waals surface area contributed by atoms with Crippen LogP contribution >= 0.6 is 26.8 Å². The monoisotopic (exact) mass is 224 g/mol. The van der Waals surface area contributed by atoms with Crippen molar-refractivity contribution < 1.29 is 28.3 Å². The molecule has 0 aliphatic heterocycles. The summed E-state index contributed by atoms with van der Waals surface area (Å²) in [4.78, 5) is 23.1. The molecule has 0 saturated carbocycles. The summed E-state index contributed by atoms with van der Waals surface area (Å²) < 4.78 is 24.8. The SMILES string of the molecule is COP(=O)(O)C(Cl)P(=O)(O)O. The molecule has 0 rings (SSSR count). The lowest BCUT2D eigenvalue weighted by Gasteiger charge is -2.15. The van der Waals surface area contributed by atoms with Gasteiger partial charge in [0.15, 0.2) is 0 Å². The van der Waals surface area contributed by atoms with Gasteiger partial charge in [0.05, 0.1) is 0 Å². The summed E-state index contributed by atoms with van der Waals surface area (Å²) in [6.45, 7) is 0. The van der Waals surface area contributed by atoms with Gasteiger partial charge in [-0.05, 0) is 0 Å². The predicted molar refractivity (Wildman–Crippen MR) is 38.5 cm³/mol. The van der Waals surface area contributed by atoms with Crippen molar-refractivity contribution in [2.24, 2.45) is 0 Å². The van der Waals surface area contributed by atoms with E-state index in [0.717, 1.165) is 7.11 Å². The third-order valence-electron chi connectivity index (χ3n) is 0.808. The van der Waals surface area contributed by atoms with Gasteiger partial charge in [0.2, 0.25) is 4.86 Å². The Balaban J connectivity index is 4.64. The van der Waals surface area contributed by atoms with Gasteiger partial charge < -0.3 is 19.2 Å². The van der Waals surface area contributed by atoms with E-state index in [4.69, 9.17) is 26.3 Å². The van der Waals surface area contributed by atoms with Crippen LogP contribution in [-0.4, -0.2) is 26.6 Å². The van der Waals surface area contributed by atoms with Crippen LogP contribution < -0.4 is 0 Å². The quantitative estimate of drug-likeness (QED) is 0.477.